The monoisotopic (exact) mass is 450 g/mol. The van der Waals surface area contributed by atoms with Gasteiger partial charge >= 0.3 is 5.97 Å². The van der Waals surface area contributed by atoms with Crippen molar-refractivity contribution in [3.63, 3.8) is 0 Å². The third kappa shape index (κ3) is 3.78. The molecule has 1 N–H and O–H groups in total. The zero-order valence-electron chi connectivity index (χ0n) is 15.9. The molecule has 0 aliphatic heterocycles. The molecular formula is C21H17Cl3N2O3. The molecule has 0 radical (unpaired) electrons. The number of rotatable bonds is 4. The van der Waals surface area contributed by atoms with Gasteiger partial charge in [-0.2, -0.15) is 0 Å². The number of aryl methyl sites for hydroxylation is 1. The van der Waals surface area contributed by atoms with Crippen LogP contribution in [0.25, 0.3) is 22.4 Å². The number of nitrogens with zero attached hydrogens (tertiary/aromatic N) is 2. The van der Waals surface area contributed by atoms with Crippen molar-refractivity contribution in [3.8, 4) is 22.4 Å². The van der Waals surface area contributed by atoms with E-state index in [4.69, 9.17) is 34.8 Å². The molecule has 29 heavy (non-hydrogen) atoms. The van der Waals surface area contributed by atoms with Crippen LogP contribution in [-0.2, 0) is 6.54 Å². The second-order valence-corrected chi connectivity index (χ2v) is 7.70. The average Bonchev–Trinajstić information content (AvgIpc) is 2.66. The Morgan fingerprint density at radius 2 is 1.79 bits per heavy atom. The summed E-state index contributed by atoms with van der Waals surface area (Å²) in [6, 6.07) is 6.51. The van der Waals surface area contributed by atoms with Crippen molar-refractivity contribution in [1.82, 2.24) is 9.55 Å². The maximum Gasteiger partial charge on any atom is 0.341 e. The molecule has 150 valence electrons. The molecule has 0 saturated heterocycles. The average molecular weight is 452 g/mol. The number of pyridine rings is 2. The minimum atomic E-state index is -1.32. The van der Waals surface area contributed by atoms with E-state index in [2.05, 4.69) is 4.98 Å². The predicted octanol–water partition coefficient (Wildman–Crippen LogP) is 5.87. The van der Waals surface area contributed by atoms with Crippen molar-refractivity contribution in [2.45, 2.75) is 27.3 Å². The van der Waals surface area contributed by atoms with Crippen LogP contribution in [0.4, 0.5) is 0 Å². The Kier molecular flexibility index (Phi) is 6.03. The van der Waals surface area contributed by atoms with Crippen LogP contribution < -0.4 is 5.43 Å². The van der Waals surface area contributed by atoms with Gasteiger partial charge in [0.2, 0.25) is 5.43 Å². The Balaban J connectivity index is 2.45. The second-order valence-electron chi connectivity index (χ2n) is 6.52. The summed E-state index contributed by atoms with van der Waals surface area (Å²) in [5.41, 5.74) is 1.95. The number of hydrogen-bond acceptors (Lipinski definition) is 3. The van der Waals surface area contributed by atoms with Crippen LogP contribution in [0.1, 0.15) is 28.5 Å². The van der Waals surface area contributed by atoms with Gasteiger partial charge in [-0.3, -0.25) is 4.79 Å². The summed E-state index contributed by atoms with van der Waals surface area (Å²) < 4.78 is 1.78. The van der Waals surface area contributed by atoms with Crippen molar-refractivity contribution < 1.29 is 9.90 Å². The first-order chi connectivity index (χ1) is 13.7. The zero-order valence-corrected chi connectivity index (χ0v) is 18.2. The van der Waals surface area contributed by atoms with E-state index in [9.17, 15) is 14.7 Å². The number of carbonyl (C=O) groups is 1. The van der Waals surface area contributed by atoms with Crippen LogP contribution in [0.15, 0.2) is 35.3 Å². The lowest BCUT2D eigenvalue weighted by atomic mass is 9.96. The molecule has 5 nitrogen and oxygen atoms in total. The first-order valence-electron chi connectivity index (χ1n) is 8.76. The second kappa shape index (κ2) is 8.19. The van der Waals surface area contributed by atoms with E-state index in [0.29, 0.717) is 39.1 Å². The fourth-order valence-corrected chi connectivity index (χ4v) is 3.81. The third-order valence-corrected chi connectivity index (χ3v) is 5.89. The Hall–Kier alpha value is -2.34. The highest BCUT2D eigenvalue weighted by Crippen LogP contribution is 2.33. The van der Waals surface area contributed by atoms with Gasteiger partial charge in [0, 0.05) is 29.6 Å². The first kappa shape index (κ1) is 21.4. The highest BCUT2D eigenvalue weighted by Gasteiger charge is 2.26. The minimum absolute atomic E-state index is 0.273. The minimum Gasteiger partial charge on any atom is -0.477 e. The lowest BCUT2D eigenvalue weighted by Crippen LogP contribution is -2.25. The summed E-state index contributed by atoms with van der Waals surface area (Å²) in [7, 11) is 0. The van der Waals surface area contributed by atoms with Gasteiger partial charge < -0.3 is 9.67 Å². The number of aromatic carboxylic acids is 1. The predicted molar refractivity (Wildman–Crippen MR) is 117 cm³/mol. The zero-order chi connectivity index (χ0) is 21.5. The normalized spacial score (nSPS) is 11.0. The van der Waals surface area contributed by atoms with Gasteiger partial charge in [-0.1, -0.05) is 40.9 Å². The standard InChI is InChI=1S/C21H17Cl3N2O3/c1-4-26-11(3)16(13-7-10(2)20(24)25-9-13)19(27)17(21(28)29)18(26)12-5-6-14(22)15(23)8-12/h5-9H,4H2,1-3H3,(H,28,29). The van der Waals surface area contributed by atoms with Gasteiger partial charge in [0.25, 0.3) is 0 Å². The van der Waals surface area contributed by atoms with E-state index in [1.807, 2.05) is 6.92 Å². The van der Waals surface area contributed by atoms with E-state index in [-0.39, 0.29) is 21.8 Å². The highest BCUT2D eigenvalue weighted by atomic mass is 35.5. The molecule has 1 aromatic carbocycles. The molecule has 0 fully saturated rings. The summed E-state index contributed by atoms with van der Waals surface area (Å²) in [6.45, 7) is 5.86. The number of halogens is 3. The fourth-order valence-electron chi connectivity index (χ4n) is 3.41. The number of carboxylic acids is 1. The van der Waals surface area contributed by atoms with Crippen molar-refractivity contribution in [3.05, 3.63) is 72.7 Å². The van der Waals surface area contributed by atoms with E-state index >= 15 is 0 Å². The number of benzene rings is 1. The Morgan fingerprint density at radius 3 is 2.34 bits per heavy atom. The number of aromatic nitrogens is 2. The molecule has 0 amide bonds. The quantitative estimate of drug-likeness (QED) is 0.503. The molecule has 8 heteroatoms. The van der Waals surface area contributed by atoms with Crippen LogP contribution in [-0.4, -0.2) is 20.6 Å². The smallest absolute Gasteiger partial charge is 0.341 e. The van der Waals surface area contributed by atoms with Gasteiger partial charge in [0.05, 0.1) is 21.3 Å². The molecule has 0 aliphatic rings. The molecule has 3 aromatic rings. The Bertz CT molecular complexity index is 1200. The first-order valence-corrected chi connectivity index (χ1v) is 9.89. The van der Waals surface area contributed by atoms with Crippen LogP contribution >= 0.6 is 34.8 Å². The van der Waals surface area contributed by atoms with E-state index in [0.717, 1.165) is 0 Å². The molecule has 0 unspecified atom stereocenters. The van der Waals surface area contributed by atoms with Crippen molar-refractivity contribution in [2.24, 2.45) is 0 Å². The van der Waals surface area contributed by atoms with Gasteiger partial charge in [0.1, 0.15) is 10.7 Å². The summed E-state index contributed by atoms with van der Waals surface area (Å²) in [5.74, 6) is -1.32. The van der Waals surface area contributed by atoms with E-state index < -0.39 is 11.4 Å². The van der Waals surface area contributed by atoms with Crippen molar-refractivity contribution in [1.29, 1.82) is 0 Å². The molecule has 0 bridgehead atoms. The van der Waals surface area contributed by atoms with Crippen LogP contribution in [0.2, 0.25) is 15.2 Å². The third-order valence-electron chi connectivity index (χ3n) is 4.75. The lowest BCUT2D eigenvalue weighted by Gasteiger charge is -2.21. The van der Waals surface area contributed by atoms with Gasteiger partial charge in [-0.15, -0.1) is 0 Å². The van der Waals surface area contributed by atoms with Crippen molar-refractivity contribution in [2.75, 3.05) is 0 Å². The van der Waals surface area contributed by atoms with Crippen molar-refractivity contribution >= 4 is 40.8 Å². The summed E-state index contributed by atoms with van der Waals surface area (Å²) >= 11 is 18.2. The lowest BCUT2D eigenvalue weighted by molar-refractivity contribution is 0.0695. The molecule has 2 aromatic heterocycles. The molecule has 0 spiro atoms. The largest absolute Gasteiger partial charge is 0.477 e. The maximum atomic E-state index is 13.3. The highest BCUT2D eigenvalue weighted by molar-refractivity contribution is 6.42. The topological polar surface area (TPSA) is 72.2 Å². The molecule has 2 heterocycles. The molecule has 0 saturated carbocycles. The molecule has 0 aliphatic carbocycles. The van der Waals surface area contributed by atoms with Gasteiger partial charge in [-0.25, -0.2) is 9.78 Å². The SMILES string of the molecule is CCn1c(C)c(-c2cnc(Cl)c(C)c2)c(=O)c(C(=O)O)c1-c1ccc(Cl)c(Cl)c1. The van der Waals surface area contributed by atoms with Crippen LogP contribution in [0.5, 0.6) is 0 Å². The number of hydrogen-bond donors (Lipinski definition) is 1. The Morgan fingerprint density at radius 1 is 1.10 bits per heavy atom. The Labute approximate surface area is 182 Å². The van der Waals surface area contributed by atoms with E-state index in [1.165, 1.54) is 6.20 Å². The van der Waals surface area contributed by atoms with E-state index in [1.54, 1.807) is 42.7 Å². The van der Waals surface area contributed by atoms with Gasteiger partial charge in [0.15, 0.2) is 0 Å². The number of carboxylic acid groups (broad SMARTS) is 1. The summed E-state index contributed by atoms with van der Waals surface area (Å²) in [5, 5.41) is 10.8. The van der Waals surface area contributed by atoms with Crippen LogP contribution in [0.3, 0.4) is 0 Å². The molecular weight excluding hydrogens is 435 g/mol. The van der Waals surface area contributed by atoms with Crippen LogP contribution in [0, 0.1) is 13.8 Å². The summed E-state index contributed by atoms with van der Waals surface area (Å²) in [6.07, 6.45) is 1.48. The molecule has 0 atom stereocenters. The summed E-state index contributed by atoms with van der Waals surface area (Å²) in [4.78, 5) is 29.6. The van der Waals surface area contributed by atoms with Gasteiger partial charge in [-0.05, 0) is 44.5 Å². The fraction of sp³-hybridized carbons (Fsp3) is 0.190. The molecule has 3 rings (SSSR count). The maximum absolute atomic E-state index is 13.3.